The monoisotopic (exact) mass is 202 g/mol. The molecule has 0 spiro atoms. The number of para-hydroxylation sites is 1. The maximum Gasteiger partial charge on any atom is 0.106 e. The molecule has 0 aliphatic heterocycles. The van der Waals surface area contributed by atoms with Crippen LogP contribution in [0.5, 0.6) is 0 Å². The second-order valence-electron chi connectivity index (χ2n) is 4.42. The van der Waals surface area contributed by atoms with Gasteiger partial charge in [0.1, 0.15) is 5.82 Å². The predicted molar refractivity (Wildman–Crippen MR) is 58.6 cm³/mol. The van der Waals surface area contributed by atoms with Gasteiger partial charge in [-0.1, -0.05) is 12.1 Å². The number of aromatic nitrogens is 2. The van der Waals surface area contributed by atoms with Crippen LogP contribution in [-0.4, -0.2) is 14.7 Å². The third-order valence-corrected chi connectivity index (χ3v) is 3.36. The van der Waals surface area contributed by atoms with Crippen LogP contribution in [-0.2, 0) is 12.6 Å². The van der Waals surface area contributed by atoms with Gasteiger partial charge >= 0.3 is 0 Å². The standard InChI is InChI=1S/C12H14N2O/c1-8-13-11-9(12(15)6-7-12)4-3-5-10(11)14(8)2/h3-5,15H,6-7H2,1-2H3. The van der Waals surface area contributed by atoms with Crippen LogP contribution in [0.3, 0.4) is 0 Å². The molecule has 1 aliphatic carbocycles. The lowest BCUT2D eigenvalue weighted by Gasteiger charge is -2.08. The van der Waals surface area contributed by atoms with Gasteiger partial charge in [0.05, 0.1) is 16.6 Å². The highest BCUT2D eigenvalue weighted by atomic mass is 16.3. The highest BCUT2D eigenvalue weighted by Gasteiger charge is 2.43. The summed E-state index contributed by atoms with van der Waals surface area (Å²) in [6.07, 6.45) is 1.73. The van der Waals surface area contributed by atoms with Crippen molar-refractivity contribution in [2.24, 2.45) is 7.05 Å². The Balaban J connectivity index is 2.36. The molecule has 1 fully saturated rings. The molecule has 1 saturated carbocycles. The highest BCUT2D eigenvalue weighted by Crippen LogP contribution is 2.47. The van der Waals surface area contributed by atoms with Gasteiger partial charge in [0.15, 0.2) is 0 Å². The van der Waals surface area contributed by atoms with E-state index in [1.807, 2.05) is 32.2 Å². The van der Waals surface area contributed by atoms with E-state index in [-0.39, 0.29) is 0 Å². The summed E-state index contributed by atoms with van der Waals surface area (Å²) in [6, 6.07) is 6.03. The number of aryl methyl sites for hydroxylation is 2. The van der Waals surface area contributed by atoms with Crippen LogP contribution >= 0.6 is 0 Å². The number of rotatable bonds is 1. The van der Waals surface area contributed by atoms with E-state index in [2.05, 4.69) is 9.55 Å². The molecule has 0 unspecified atom stereocenters. The molecule has 1 N–H and O–H groups in total. The molecule has 3 heteroatoms. The van der Waals surface area contributed by atoms with Gasteiger partial charge in [-0.3, -0.25) is 0 Å². The minimum Gasteiger partial charge on any atom is -0.385 e. The Labute approximate surface area is 88.4 Å². The number of fused-ring (bicyclic) bond motifs is 1. The Morgan fingerprint density at radius 3 is 2.80 bits per heavy atom. The molecule has 1 aromatic heterocycles. The Hall–Kier alpha value is -1.35. The van der Waals surface area contributed by atoms with Gasteiger partial charge in [0, 0.05) is 12.6 Å². The van der Waals surface area contributed by atoms with E-state index in [4.69, 9.17) is 0 Å². The predicted octanol–water partition coefficient (Wildman–Crippen LogP) is 1.86. The summed E-state index contributed by atoms with van der Waals surface area (Å²) in [4.78, 5) is 4.52. The van der Waals surface area contributed by atoms with Gasteiger partial charge in [0.25, 0.3) is 0 Å². The smallest absolute Gasteiger partial charge is 0.106 e. The average Bonchev–Trinajstić information content (AvgIpc) is 2.90. The second-order valence-corrected chi connectivity index (χ2v) is 4.42. The number of hydrogen-bond acceptors (Lipinski definition) is 2. The highest BCUT2D eigenvalue weighted by molar-refractivity contribution is 5.81. The van der Waals surface area contributed by atoms with Crippen molar-refractivity contribution >= 4 is 11.0 Å². The van der Waals surface area contributed by atoms with E-state index in [1.165, 1.54) is 0 Å². The number of imidazole rings is 1. The third kappa shape index (κ3) is 1.13. The van der Waals surface area contributed by atoms with Gasteiger partial charge in [0.2, 0.25) is 0 Å². The molecule has 1 aliphatic rings. The van der Waals surface area contributed by atoms with E-state index in [9.17, 15) is 5.11 Å². The fourth-order valence-corrected chi connectivity index (χ4v) is 2.09. The molecule has 78 valence electrons. The maximum absolute atomic E-state index is 10.1. The van der Waals surface area contributed by atoms with Crippen LogP contribution in [0.2, 0.25) is 0 Å². The molecule has 0 radical (unpaired) electrons. The van der Waals surface area contributed by atoms with Crippen molar-refractivity contribution < 1.29 is 5.11 Å². The number of hydrogen-bond donors (Lipinski definition) is 1. The fraction of sp³-hybridized carbons (Fsp3) is 0.417. The molecule has 0 bridgehead atoms. The first-order valence-corrected chi connectivity index (χ1v) is 5.27. The van der Waals surface area contributed by atoms with E-state index in [0.29, 0.717) is 0 Å². The third-order valence-electron chi connectivity index (χ3n) is 3.36. The summed E-state index contributed by atoms with van der Waals surface area (Å²) in [5.41, 5.74) is 2.45. The Morgan fingerprint density at radius 2 is 2.13 bits per heavy atom. The van der Waals surface area contributed by atoms with Crippen molar-refractivity contribution in [2.45, 2.75) is 25.4 Å². The summed E-state index contributed by atoms with van der Waals surface area (Å²) < 4.78 is 2.06. The summed E-state index contributed by atoms with van der Waals surface area (Å²) in [6.45, 7) is 1.99. The van der Waals surface area contributed by atoms with Gasteiger partial charge in [-0.25, -0.2) is 4.98 Å². The largest absolute Gasteiger partial charge is 0.385 e. The molecule has 0 saturated heterocycles. The summed E-state index contributed by atoms with van der Waals surface area (Å²) >= 11 is 0. The lowest BCUT2D eigenvalue weighted by molar-refractivity contribution is 0.153. The molecular formula is C12H14N2O. The second kappa shape index (κ2) is 2.61. The molecule has 0 atom stereocenters. The van der Waals surface area contributed by atoms with Crippen molar-refractivity contribution in [3.8, 4) is 0 Å². The lowest BCUT2D eigenvalue weighted by Crippen LogP contribution is -2.04. The zero-order chi connectivity index (χ0) is 10.6. The zero-order valence-electron chi connectivity index (χ0n) is 8.99. The molecule has 2 aromatic rings. The molecule has 1 heterocycles. The first-order valence-electron chi connectivity index (χ1n) is 5.27. The summed E-state index contributed by atoms with van der Waals surface area (Å²) in [5, 5.41) is 10.1. The molecule has 1 aromatic carbocycles. The van der Waals surface area contributed by atoms with Gasteiger partial charge in [-0.15, -0.1) is 0 Å². The minimum absolute atomic E-state index is 0.597. The van der Waals surface area contributed by atoms with Crippen molar-refractivity contribution in [3.63, 3.8) is 0 Å². The van der Waals surface area contributed by atoms with Crippen LogP contribution in [0.25, 0.3) is 11.0 Å². The Kier molecular flexibility index (Phi) is 1.55. The lowest BCUT2D eigenvalue weighted by atomic mass is 10.1. The van der Waals surface area contributed by atoms with Crippen molar-refractivity contribution in [1.29, 1.82) is 0 Å². The van der Waals surface area contributed by atoms with Crippen LogP contribution in [0.1, 0.15) is 24.2 Å². The van der Waals surface area contributed by atoms with Crippen molar-refractivity contribution in [1.82, 2.24) is 9.55 Å². The van der Waals surface area contributed by atoms with E-state index < -0.39 is 5.60 Å². The summed E-state index contributed by atoms with van der Waals surface area (Å²) in [7, 11) is 2.01. The van der Waals surface area contributed by atoms with Gasteiger partial charge < -0.3 is 9.67 Å². The fourth-order valence-electron chi connectivity index (χ4n) is 2.09. The minimum atomic E-state index is -0.597. The number of nitrogens with zero attached hydrogens (tertiary/aromatic N) is 2. The number of aliphatic hydroxyl groups is 1. The Morgan fingerprint density at radius 1 is 1.40 bits per heavy atom. The quantitative estimate of drug-likeness (QED) is 0.766. The number of benzene rings is 1. The van der Waals surface area contributed by atoms with Crippen molar-refractivity contribution in [2.75, 3.05) is 0 Å². The van der Waals surface area contributed by atoms with E-state index in [1.54, 1.807) is 0 Å². The first kappa shape index (κ1) is 8.92. The van der Waals surface area contributed by atoms with Crippen LogP contribution in [0, 0.1) is 6.92 Å². The molecule has 3 nitrogen and oxygen atoms in total. The molecule has 0 amide bonds. The molecule has 3 rings (SSSR count). The van der Waals surface area contributed by atoms with Crippen LogP contribution < -0.4 is 0 Å². The van der Waals surface area contributed by atoms with E-state index in [0.717, 1.165) is 35.3 Å². The Bertz CT molecular complexity index is 538. The maximum atomic E-state index is 10.1. The average molecular weight is 202 g/mol. The van der Waals surface area contributed by atoms with Crippen LogP contribution in [0.15, 0.2) is 18.2 Å². The molecule has 15 heavy (non-hydrogen) atoms. The normalized spacial score (nSPS) is 18.3. The topological polar surface area (TPSA) is 38.1 Å². The summed E-state index contributed by atoms with van der Waals surface area (Å²) in [5.74, 6) is 0.988. The van der Waals surface area contributed by atoms with E-state index >= 15 is 0 Å². The van der Waals surface area contributed by atoms with Crippen LogP contribution in [0.4, 0.5) is 0 Å². The zero-order valence-corrected chi connectivity index (χ0v) is 8.99. The van der Waals surface area contributed by atoms with Crippen molar-refractivity contribution in [3.05, 3.63) is 29.6 Å². The molecular weight excluding hydrogens is 188 g/mol. The van der Waals surface area contributed by atoms with Gasteiger partial charge in [-0.2, -0.15) is 0 Å². The van der Waals surface area contributed by atoms with Gasteiger partial charge in [-0.05, 0) is 25.8 Å². The first-order chi connectivity index (χ1) is 7.12. The SMILES string of the molecule is Cc1nc2c(C3(O)CC3)cccc2n1C.